The van der Waals surface area contributed by atoms with E-state index in [0.29, 0.717) is 5.69 Å². The first-order chi connectivity index (χ1) is 8.93. The second-order valence-electron chi connectivity index (χ2n) is 4.84. The number of rotatable bonds is 6. The summed E-state index contributed by atoms with van der Waals surface area (Å²) in [6.07, 6.45) is 0. The van der Waals surface area contributed by atoms with Gasteiger partial charge in [0.2, 0.25) is 5.91 Å². The Hall–Kier alpha value is -1.75. The topological polar surface area (TPSA) is 61.6 Å². The quantitative estimate of drug-likeness (QED) is 0.766. The van der Waals surface area contributed by atoms with E-state index in [2.05, 4.69) is 22.0 Å². The minimum absolute atomic E-state index is 0.0875. The standard InChI is InChI=1S/C14H24N4O/c1-5-18(9-8-17(3)4)14-7-6-12(15)10-13(14)16-11(2)19/h6-7,10H,5,8-9,15H2,1-4H3,(H,16,19). The van der Waals surface area contributed by atoms with E-state index in [1.54, 1.807) is 6.07 Å². The van der Waals surface area contributed by atoms with Crippen LogP contribution < -0.4 is 16.0 Å². The van der Waals surface area contributed by atoms with Crippen LogP contribution in [0.4, 0.5) is 17.1 Å². The van der Waals surface area contributed by atoms with Gasteiger partial charge in [-0.15, -0.1) is 0 Å². The summed E-state index contributed by atoms with van der Waals surface area (Å²) in [4.78, 5) is 15.6. The SMILES string of the molecule is CCN(CCN(C)C)c1ccc(N)cc1NC(C)=O. The molecule has 19 heavy (non-hydrogen) atoms. The Morgan fingerprint density at radius 1 is 1.32 bits per heavy atom. The summed E-state index contributed by atoms with van der Waals surface area (Å²) in [5.74, 6) is -0.0875. The maximum absolute atomic E-state index is 11.3. The number of hydrogen-bond donors (Lipinski definition) is 2. The number of benzene rings is 1. The summed E-state index contributed by atoms with van der Waals surface area (Å²) in [7, 11) is 4.09. The molecule has 5 nitrogen and oxygen atoms in total. The van der Waals surface area contributed by atoms with Gasteiger partial charge in [-0.25, -0.2) is 0 Å². The van der Waals surface area contributed by atoms with Gasteiger partial charge in [-0.2, -0.15) is 0 Å². The third kappa shape index (κ3) is 4.79. The van der Waals surface area contributed by atoms with E-state index in [4.69, 9.17) is 5.73 Å². The molecule has 5 heteroatoms. The lowest BCUT2D eigenvalue weighted by molar-refractivity contribution is -0.114. The van der Waals surface area contributed by atoms with Crippen LogP contribution in [0.25, 0.3) is 0 Å². The lowest BCUT2D eigenvalue weighted by atomic mass is 10.2. The van der Waals surface area contributed by atoms with Crippen molar-refractivity contribution in [3.05, 3.63) is 18.2 Å². The molecule has 3 N–H and O–H groups in total. The van der Waals surface area contributed by atoms with Crippen LogP contribution >= 0.6 is 0 Å². The van der Waals surface area contributed by atoms with E-state index in [0.717, 1.165) is 31.0 Å². The van der Waals surface area contributed by atoms with Gasteiger partial charge in [0, 0.05) is 32.2 Å². The molecule has 0 unspecified atom stereocenters. The monoisotopic (exact) mass is 264 g/mol. The first kappa shape index (κ1) is 15.3. The van der Waals surface area contributed by atoms with Gasteiger partial charge in [0.05, 0.1) is 11.4 Å². The Morgan fingerprint density at radius 2 is 2.00 bits per heavy atom. The molecule has 0 fully saturated rings. The fourth-order valence-corrected chi connectivity index (χ4v) is 1.89. The van der Waals surface area contributed by atoms with E-state index in [9.17, 15) is 4.79 Å². The summed E-state index contributed by atoms with van der Waals surface area (Å²) in [6, 6.07) is 5.62. The normalized spacial score (nSPS) is 10.6. The molecule has 0 aliphatic carbocycles. The number of nitrogen functional groups attached to an aromatic ring is 1. The van der Waals surface area contributed by atoms with Crippen molar-refractivity contribution in [3.8, 4) is 0 Å². The summed E-state index contributed by atoms with van der Waals surface area (Å²) in [5, 5.41) is 2.84. The molecule has 0 aliphatic heterocycles. The van der Waals surface area contributed by atoms with Crippen LogP contribution in [0.15, 0.2) is 18.2 Å². The maximum atomic E-state index is 11.3. The summed E-state index contributed by atoms with van der Waals surface area (Å²) >= 11 is 0. The van der Waals surface area contributed by atoms with Gasteiger partial charge in [0.1, 0.15) is 0 Å². The van der Waals surface area contributed by atoms with Crippen molar-refractivity contribution >= 4 is 23.0 Å². The molecule has 0 aliphatic rings. The molecule has 1 aromatic rings. The van der Waals surface area contributed by atoms with Crippen LogP contribution in [0.2, 0.25) is 0 Å². The Morgan fingerprint density at radius 3 is 2.53 bits per heavy atom. The number of hydrogen-bond acceptors (Lipinski definition) is 4. The molecule has 0 spiro atoms. The molecule has 0 atom stereocenters. The lowest BCUT2D eigenvalue weighted by Crippen LogP contribution is -2.32. The first-order valence-electron chi connectivity index (χ1n) is 6.50. The van der Waals surface area contributed by atoms with Crippen molar-refractivity contribution in [2.24, 2.45) is 0 Å². The van der Waals surface area contributed by atoms with Crippen molar-refractivity contribution in [2.45, 2.75) is 13.8 Å². The van der Waals surface area contributed by atoms with E-state index >= 15 is 0 Å². The third-order valence-corrected chi connectivity index (χ3v) is 2.87. The second kappa shape index (κ2) is 6.99. The summed E-state index contributed by atoms with van der Waals surface area (Å²) < 4.78 is 0. The average molecular weight is 264 g/mol. The zero-order valence-corrected chi connectivity index (χ0v) is 12.2. The van der Waals surface area contributed by atoms with Crippen LogP contribution in [-0.2, 0) is 4.79 Å². The predicted molar refractivity (Wildman–Crippen MR) is 81.6 cm³/mol. The number of likely N-dealkylation sites (N-methyl/N-ethyl adjacent to an activating group) is 2. The van der Waals surface area contributed by atoms with Crippen molar-refractivity contribution in [1.29, 1.82) is 0 Å². The summed E-state index contributed by atoms with van der Waals surface area (Å²) in [6.45, 7) is 6.34. The highest BCUT2D eigenvalue weighted by Crippen LogP contribution is 2.28. The zero-order chi connectivity index (χ0) is 14.4. The maximum Gasteiger partial charge on any atom is 0.221 e. The van der Waals surface area contributed by atoms with Crippen LogP contribution in [0.1, 0.15) is 13.8 Å². The number of nitrogens with one attached hydrogen (secondary N) is 1. The second-order valence-corrected chi connectivity index (χ2v) is 4.84. The van der Waals surface area contributed by atoms with E-state index in [-0.39, 0.29) is 5.91 Å². The fraction of sp³-hybridized carbons (Fsp3) is 0.500. The average Bonchev–Trinajstić information content (AvgIpc) is 2.31. The Balaban J connectivity index is 2.97. The van der Waals surface area contributed by atoms with Crippen LogP contribution in [-0.4, -0.2) is 44.5 Å². The molecular formula is C14H24N4O. The Kier molecular flexibility index (Phi) is 5.63. The molecule has 106 valence electrons. The third-order valence-electron chi connectivity index (χ3n) is 2.87. The van der Waals surface area contributed by atoms with E-state index in [1.165, 1.54) is 6.92 Å². The molecule has 0 heterocycles. The zero-order valence-electron chi connectivity index (χ0n) is 12.2. The van der Waals surface area contributed by atoms with Crippen molar-refractivity contribution in [1.82, 2.24) is 4.90 Å². The van der Waals surface area contributed by atoms with Gasteiger partial charge in [-0.05, 0) is 39.2 Å². The highest BCUT2D eigenvalue weighted by atomic mass is 16.1. The molecule has 0 bridgehead atoms. The molecule has 0 aromatic heterocycles. The molecule has 0 radical (unpaired) electrons. The number of nitrogens with zero attached hydrogens (tertiary/aromatic N) is 2. The van der Waals surface area contributed by atoms with Gasteiger partial charge in [-0.1, -0.05) is 0 Å². The molecular weight excluding hydrogens is 240 g/mol. The van der Waals surface area contributed by atoms with Gasteiger partial charge in [0.15, 0.2) is 0 Å². The predicted octanol–water partition coefficient (Wildman–Crippen LogP) is 1.62. The van der Waals surface area contributed by atoms with Gasteiger partial charge < -0.3 is 20.9 Å². The Bertz CT molecular complexity index is 431. The number of nitrogens with two attached hydrogens (primary N) is 1. The van der Waals surface area contributed by atoms with Crippen molar-refractivity contribution in [2.75, 3.05) is 49.7 Å². The van der Waals surface area contributed by atoms with Crippen molar-refractivity contribution < 1.29 is 4.79 Å². The first-order valence-corrected chi connectivity index (χ1v) is 6.50. The number of amides is 1. The smallest absolute Gasteiger partial charge is 0.221 e. The van der Waals surface area contributed by atoms with Gasteiger partial charge in [0.25, 0.3) is 0 Å². The molecule has 1 amide bonds. The van der Waals surface area contributed by atoms with Gasteiger partial charge >= 0.3 is 0 Å². The van der Waals surface area contributed by atoms with Crippen LogP contribution in [0.3, 0.4) is 0 Å². The Labute approximate surface area is 115 Å². The minimum atomic E-state index is -0.0875. The minimum Gasteiger partial charge on any atom is -0.399 e. The lowest BCUT2D eigenvalue weighted by Gasteiger charge is -2.27. The van der Waals surface area contributed by atoms with Gasteiger partial charge in [-0.3, -0.25) is 4.79 Å². The van der Waals surface area contributed by atoms with E-state index in [1.807, 2.05) is 26.2 Å². The van der Waals surface area contributed by atoms with Crippen molar-refractivity contribution in [3.63, 3.8) is 0 Å². The highest BCUT2D eigenvalue weighted by Gasteiger charge is 2.11. The number of carbonyl (C=O) groups is 1. The molecule has 1 rings (SSSR count). The molecule has 1 aromatic carbocycles. The fourth-order valence-electron chi connectivity index (χ4n) is 1.89. The largest absolute Gasteiger partial charge is 0.399 e. The van der Waals surface area contributed by atoms with Crippen LogP contribution in [0, 0.1) is 0 Å². The van der Waals surface area contributed by atoms with E-state index < -0.39 is 0 Å². The number of carbonyl (C=O) groups excluding carboxylic acids is 1. The summed E-state index contributed by atoms with van der Waals surface area (Å²) in [5.41, 5.74) is 8.22. The molecule has 0 saturated heterocycles. The number of anilines is 3. The van der Waals surface area contributed by atoms with Crippen LogP contribution in [0.5, 0.6) is 0 Å². The molecule has 0 saturated carbocycles. The highest BCUT2D eigenvalue weighted by molar-refractivity contribution is 5.93.